The molecule has 1 saturated carbocycles. The summed E-state index contributed by atoms with van der Waals surface area (Å²) < 4.78 is 2.05. The number of hydrogen-bond donors (Lipinski definition) is 0. The topological polar surface area (TPSA) is 0 Å². The number of hydrogen-bond acceptors (Lipinski definition) is 0. The lowest BCUT2D eigenvalue weighted by Crippen LogP contribution is -2.23. The second-order valence-electron chi connectivity index (χ2n) is 4.80. The third-order valence-electron chi connectivity index (χ3n) is 3.90. The molecule has 0 aromatic heterocycles. The van der Waals surface area contributed by atoms with Crippen molar-refractivity contribution in [3.05, 3.63) is 70.4 Å². The van der Waals surface area contributed by atoms with Crippen LogP contribution in [0.2, 0.25) is 0 Å². The molecule has 1 aliphatic rings. The summed E-state index contributed by atoms with van der Waals surface area (Å²) in [5.74, 6) is 0. The van der Waals surface area contributed by atoms with Gasteiger partial charge in [-0.2, -0.15) is 0 Å². The molecule has 0 atom stereocenters. The van der Waals surface area contributed by atoms with Crippen LogP contribution in [0, 0.1) is 0 Å². The molecule has 0 heterocycles. The van der Waals surface area contributed by atoms with Crippen molar-refractivity contribution >= 4 is 22.6 Å². The highest BCUT2D eigenvalue weighted by Gasteiger charge is 2.37. The summed E-state index contributed by atoms with van der Waals surface area (Å²) >= 11 is 2.26. The molecule has 0 unspecified atom stereocenters. The number of allylic oxidation sites excluding steroid dienone is 4. The van der Waals surface area contributed by atoms with E-state index >= 15 is 0 Å². The molecule has 0 N–H and O–H groups in total. The van der Waals surface area contributed by atoms with Crippen LogP contribution in [-0.4, -0.2) is 0 Å². The van der Waals surface area contributed by atoms with E-state index in [4.69, 9.17) is 0 Å². The van der Waals surface area contributed by atoms with Gasteiger partial charge in [-0.05, 0) is 28.1 Å². The summed E-state index contributed by atoms with van der Waals surface area (Å²) in [6.07, 6.45) is 11.5. The molecule has 0 aliphatic heterocycles. The lowest BCUT2D eigenvalue weighted by molar-refractivity contribution is 0.534. The minimum Gasteiger partial charge on any atom is -0.0988 e. The highest BCUT2D eigenvalue weighted by Crippen LogP contribution is 2.46. The smallest absolute Gasteiger partial charge is 0.0202 e. The predicted octanol–water partition coefficient (Wildman–Crippen LogP) is 5.56. The van der Waals surface area contributed by atoms with E-state index in [1.165, 1.54) is 36.8 Å². The third-order valence-corrected chi connectivity index (χ3v) is 4.32. The van der Waals surface area contributed by atoms with Crippen molar-refractivity contribution in [2.45, 2.75) is 31.1 Å². The third kappa shape index (κ3) is 2.61. The molecule has 1 fully saturated rings. The summed E-state index contributed by atoms with van der Waals surface area (Å²) in [5, 5.41) is 0. The number of rotatable bonds is 4. The maximum Gasteiger partial charge on any atom is 0.0202 e. The van der Waals surface area contributed by atoms with Crippen molar-refractivity contribution in [3.8, 4) is 0 Å². The minimum atomic E-state index is 0.194. The molecule has 94 valence electrons. The van der Waals surface area contributed by atoms with Gasteiger partial charge in [0.25, 0.3) is 0 Å². The Morgan fingerprint density at radius 3 is 2.39 bits per heavy atom. The Bertz CT molecular complexity index is 448. The van der Waals surface area contributed by atoms with E-state index in [-0.39, 0.29) is 5.41 Å². The van der Waals surface area contributed by atoms with E-state index in [0.717, 1.165) is 0 Å². The Morgan fingerprint density at radius 1 is 1.17 bits per heavy atom. The monoisotopic (exact) mass is 350 g/mol. The van der Waals surface area contributed by atoms with Crippen molar-refractivity contribution in [2.75, 3.05) is 0 Å². The second kappa shape index (κ2) is 6.37. The molecule has 2 rings (SSSR count). The largest absolute Gasteiger partial charge is 0.0988 e. The van der Waals surface area contributed by atoms with Crippen LogP contribution in [0.25, 0.3) is 0 Å². The van der Waals surface area contributed by atoms with Gasteiger partial charge in [0, 0.05) is 5.41 Å². The molecule has 1 aromatic rings. The lowest BCUT2D eigenvalue weighted by atomic mass is 9.72. The second-order valence-corrected chi connectivity index (χ2v) is 5.52. The van der Waals surface area contributed by atoms with Gasteiger partial charge in [0.05, 0.1) is 0 Å². The van der Waals surface area contributed by atoms with Crippen LogP contribution in [0.15, 0.2) is 64.8 Å². The number of benzene rings is 1. The predicted molar refractivity (Wildman–Crippen MR) is 88.0 cm³/mol. The normalized spacial score (nSPS) is 19.3. The summed E-state index contributed by atoms with van der Waals surface area (Å²) in [6.45, 7) is 4.02. The Labute approximate surface area is 124 Å². The molecule has 0 radical (unpaired) electrons. The maximum absolute atomic E-state index is 4.02. The first-order chi connectivity index (χ1) is 8.83. The first kappa shape index (κ1) is 13.6. The van der Waals surface area contributed by atoms with Gasteiger partial charge in [-0.1, -0.05) is 90.6 Å². The summed E-state index contributed by atoms with van der Waals surface area (Å²) in [7, 11) is 0. The Balaban J connectivity index is 2.47. The highest BCUT2D eigenvalue weighted by atomic mass is 127. The van der Waals surface area contributed by atoms with Crippen molar-refractivity contribution in [2.24, 2.45) is 0 Å². The van der Waals surface area contributed by atoms with Crippen LogP contribution in [0.3, 0.4) is 0 Å². The van der Waals surface area contributed by atoms with Crippen molar-refractivity contribution < 1.29 is 0 Å². The Hall–Kier alpha value is -0.830. The zero-order valence-electron chi connectivity index (χ0n) is 10.6. The van der Waals surface area contributed by atoms with Crippen molar-refractivity contribution in [3.63, 3.8) is 0 Å². The molecule has 18 heavy (non-hydrogen) atoms. The first-order valence-electron chi connectivity index (χ1n) is 6.49. The fourth-order valence-corrected chi connectivity index (χ4v) is 3.25. The van der Waals surface area contributed by atoms with Gasteiger partial charge >= 0.3 is 0 Å². The van der Waals surface area contributed by atoms with Crippen LogP contribution < -0.4 is 0 Å². The average Bonchev–Trinajstić information content (AvgIpc) is 2.91. The summed E-state index contributed by atoms with van der Waals surface area (Å²) in [5.41, 5.74) is 2.99. The molecule has 1 aliphatic carbocycles. The zero-order valence-corrected chi connectivity index (χ0v) is 12.8. The molecule has 0 bridgehead atoms. The van der Waals surface area contributed by atoms with E-state index in [9.17, 15) is 0 Å². The highest BCUT2D eigenvalue weighted by molar-refractivity contribution is 14.1. The number of halogens is 1. The molecule has 0 spiro atoms. The molecule has 0 nitrogen and oxygen atoms in total. The van der Waals surface area contributed by atoms with Gasteiger partial charge in [0.1, 0.15) is 0 Å². The van der Waals surface area contributed by atoms with Crippen LogP contribution in [-0.2, 0) is 5.41 Å². The van der Waals surface area contributed by atoms with Gasteiger partial charge in [0.2, 0.25) is 0 Å². The Morgan fingerprint density at radius 2 is 1.83 bits per heavy atom. The molecule has 0 amide bonds. The molecule has 1 heteroatoms. The van der Waals surface area contributed by atoms with Gasteiger partial charge in [0.15, 0.2) is 0 Å². The van der Waals surface area contributed by atoms with Crippen LogP contribution in [0.1, 0.15) is 31.2 Å². The SMILES string of the molecule is C=C/C(=C\C=C/I)C1(c2ccccc2)CCCC1. The lowest BCUT2D eigenvalue weighted by Gasteiger charge is -2.31. The van der Waals surface area contributed by atoms with Crippen molar-refractivity contribution in [1.29, 1.82) is 0 Å². The average molecular weight is 350 g/mol. The van der Waals surface area contributed by atoms with E-state index in [1.54, 1.807) is 0 Å². The molecular weight excluding hydrogens is 331 g/mol. The summed E-state index contributed by atoms with van der Waals surface area (Å²) in [4.78, 5) is 0. The van der Waals surface area contributed by atoms with E-state index in [1.807, 2.05) is 6.08 Å². The fraction of sp³-hybridized carbons (Fsp3) is 0.294. The van der Waals surface area contributed by atoms with E-state index in [2.05, 4.69) is 75.7 Å². The molecular formula is C17H19I. The molecule has 0 saturated heterocycles. The van der Waals surface area contributed by atoms with Crippen LogP contribution in [0.4, 0.5) is 0 Å². The fourth-order valence-electron chi connectivity index (χ4n) is 3.04. The molecule has 1 aromatic carbocycles. The summed E-state index contributed by atoms with van der Waals surface area (Å²) in [6, 6.07) is 10.9. The van der Waals surface area contributed by atoms with Crippen LogP contribution in [0.5, 0.6) is 0 Å². The zero-order chi connectivity index (χ0) is 12.8. The van der Waals surface area contributed by atoms with Crippen LogP contribution >= 0.6 is 22.6 Å². The van der Waals surface area contributed by atoms with E-state index in [0.29, 0.717) is 0 Å². The minimum absolute atomic E-state index is 0.194. The van der Waals surface area contributed by atoms with Crippen molar-refractivity contribution in [1.82, 2.24) is 0 Å². The Kier molecular flexibility index (Phi) is 4.81. The van der Waals surface area contributed by atoms with Gasteiger partial charge in [-0.15, -0.1) is 0 Å². The maximum atomic E-state index is 4.02. The van der Waals surface area contributed by atoms with Gasteiger partial charge < -0.3 is 0 Å². The first-order valence-corrected chi connectivity index (χ1v) is 7.73. The van der Waals surface area contributed by atoms with E-state index < -0.39 is 0 Å². The quantitative estimate of drug-likeness (QED) is 0.493. The van der Waals surface area contributed by atoms with Gasteiger partial charge in [-0.3, -0.25) is 0 Å². The van der Waals surface area contributed by atoms with Gasteiger partial charge in [-0.25, -0.2) is 0 Å². The standard InChI is InChI=1S/C17H19I/c1-2-15(11-8-14-18)17(12-6-7-13-17)16-9-4-3-5-10-16/h2-5,8-11,14H,1,6-7,12-13H2/b14-8-,15-11+.